The molecule has 0 aromatic carbocycles. The Labute approximate surface area is 69.5 Å². The first-order valence-electron chi connectivity index (χ1n) is 3.38. The molecule has 0 saturated carbocycles. The van der Waals surface area contributed by atoms with Gasteiger partial charge >= 0.3 is 0 Å². The molecule has 1 aromatic rings. The van der Waals surface area contributed by atoms with Crippen LogP contribution >= 0.6 is 11.8 Å². The van der Waals surface area contributed by atoms with Crippen LogP contribution in [0.4, 0.5) is 0 Å². The molecule has 0 aliphatic carbocycles. The Hall–Kier alpha value is -0.550. The van der Waals surface area contributed by atoms with E-state index in [1.165, 1.54) is 6.33 Å². The maximum atomic E-state index is 5.54. The van der Waals surface area contributed by atoms with Gasteiger partial charge in [0.2, 0.25) is 5.89 Å². The van der Waals surface area contributed by atoms with Gasteiger partial charge in [0.15, 0.2) is 6.33 Å². The van der Waals surface area contributed by atoms with Crippen LogP contribution < -0.4 is 5.73 Å². The van der Waals surface area contributed by atoms with Crippen molar-refractivity contribution in [1.82, 2.24) is 10.1 Å². The predicted octanol–water partition coefficient (Wildman–Crippen LogP) is 0.650. The van der Waals surface area contributed by atoms with Crippen LogP contribution in [0.3, 0.4) is 0 Å². The third-order valence-electron chi connectivity index (χ3n) is 1.01. The maximum absolute atomic E-state index is 5.54. The summed E-state index contributed by atoms with van der Waals surface area (Å²) in [6, 6.07) is 0.225. The Kier molecular flexibility index (Phi) is 3.38. The van der Waals surface area contributed by atoms with E-state index < -0.39 is 0 Å². The molecule has 5 heteroatoms. The fraction of sp³-hybridized carbons (Fsp3) is 0.667. The molecule has 0 fully saturated rings. The van der Waals surface area contributed by atoms with Crippen LogP contribution in [0, 0.1) is 0 Å². The molecule has 0 bridgehead atoms. The summed E-state index contributed by atoms with van der Waals surface area (Å²) in [6.07, 6.45) is 1.40. The minimum Gasteiger partial charge on any atom is -0.339 e. The van der Waals surface area contributed by atoms with Crippen LogP contribution in [0.5, 0.6) is 0 Å². The first-order chi connectivity index (χ1) is 5.29. The molecule has 0 amide bonds. The molecule has 0 spiro atoms. The lowest BCUT2D eigenvalue weighted by Crippen LogP contribution is -2.17. The summed E-state index contributed by atoms with van der Waals surface area (Å²) < 4.78 is 4.79. The Bertz CT molecular complexity index is 188. The summed E-state index contributed by atoms with van der Waals surface area (Å²) >= 11 is 1.70. The van der Waals surface area contributed by atoms with Gasteiger partial charge in [-0.15, -0.1) is 0 Å². The zero-order valence-electron chi connectivity index (χ0n) is 6.36. The summed E-state index contributed by atoms with van der Waals surface area (Å²) in [5.74, 6) is 2.33. The number of hydrogen-bond donors (Lipinski definition) is 1. The molecule has 0 aliphatic heterocycles. The highest BCUT2D eigenvalue weighted by Gasteiger charge is 1.99. The van der Waals surface area contributed by atoms with E-state index in [1.807, 2.05) is 6.92 Å². The SMILES string of the molecule is CC(N)CSCc1ncno1. The molecule has 1 heterocycles. The highest BCUT2D eigenvalue weighted by Crippen LogP contribution is 2.08. The van der Waals surface area contributed by atoms with E-state index in [4.69, 9.17) is 10.3 Å². The molecule has 2 N–H and O–H groups in total. The van der Waals surface area contributed by atoms with Crippen molar-refractivity contribution in [2.24, 2.45) is 5.73 Å². The van der Waals surface area contributed by atoms with Crippen LogP contribution in [0.2, 0.25) is 0 Å². The van der Waals surface area contributed by atoms with Crippen molar-refractivity contribution in [1.29, 1.82) is 0 Å². The van der Waals surface area contributed by atoms with Gasteiger partial charge in [-0.3, -0.25) is 0 Å². The predicted molar refractivity (Wildman–Crippen MR) is 44.1 cm³/mol. The minimum atomic E-state index is 0.225. The smallest absolute Gasteiger partial charge is 0.236 e. The van der Waals surface area contributed by atoms with Gasteiger partial charge in [0, 0.05) is 11.8 Å². The number of rotatable bonds is 4. The Morgan fingerprint density at radius 2 is 2.64 bits per heavy atom. The van der Waals surface area contributed by atoms with Crippen LogP contribution in [0.15, 0.2) is 10.9 Å². The molecule has 1 atom stereocenters. The topological polar surface area (TPSA) is 64.9 Å². The van der Waals surface area contributed by atoms with Gasteiger partial charge in [0.05, 0.1) is 5.75 Å². The van der Waals surface area contributed by atoms with Crippen LogP contribution in [-0.2, 0) is 5.75 Å². The summed E-state index contributed by atoms with van der Waals surface area (Å²) in [4.78, 5) is 3.87. The van der Waals surface area contributed by atoms with E-state index >= 15 is 0 Å². The molecular weight excluding hydrogens is 162 g/mol. The second-order valence-electron chi connectivity index (χ2n) is 2.33. The average molecular weight is 173 g/mol. The zero-order chi connectivity index (χ0) is 8.10. The number of aromatic nitrogens is 2. The first kappa shape index (κ1) is 8.55. The lowest BCUT2D eigenvalue weighted by atomic mass is 10.4. The third kappa shape index (κ3) is 3.38. The number of nitrogens with two attached hydrogens (primary N) is 1. The summed E-state index contributed by atoms with van der Waals surface area (Å²) in [5, 5.41) is 3.49. The van der Waals surface area contributed by atoms with Crippen molar-refractivity contribution in [3.63, 3.8) is 0 Å². The third-order valence-corrected chi connectivity index (χ3v) is 2.23. The lowest BCUT2D eigenvalue weighted by Gasteiger charge is -2.00. The lowest BCUT2D eigenvalue weighted by molar-refractivity contribution is 0.390. The molecular formula is C6H11N3OS. The Morgan fingerprint density at radius 1 is 1.82 bits per heavy atom. The largest absolute Gasteiger partial charge is 0.339 e. The summed E-state index contributed by atoms with van der Waals surface area (Å²) in [7, 11) is 0. The number of thioether (sulfide) groups is 1. The molecule has 1 aromatic heterocycles. The van der Waals surface area contributed by atoms with Crippen molar-refractivity contribution >= 4 is 11.8 Å². The van der Waals surface area contributed by atoms with E-state index in [-0.39, 0.29) is 6.04 Å². The quantitative estimate of drug-likeness (QED) is 0.724. The highest BCUT2D eigenvalue weighted by molar-refractivity contribution is 7.98. The maximum Gasteiger partial charge on any atom is 0.236 e. The number of hydrogen-bond acceptors (Lipinski definition) is 5. The van der Waals surface area contributed by atoms with E-state index in [1.54, 1.807) is 11.8 Å². The van der Waals surface area contributed by atoms with Gasteiger partial charge in [-0.1, -0.05) is 5.16 Å². The fourth-order valence-electron chi connectivity index (χ4n) is 0.592. The molecule has 0 aliphatic rings. The minimum absolute atomic E-state index is 0.225. The van der Waals surface area contributed by atoms with Crippen molar-refractivity contribution < 1.29 is 4.52 Å². The van der Waals surface area contributed by atoms with Crippen molar-refractivity contribution in [2.45, 2.75) is 18.7 Å². The second-order valence-corrected chi connectivity index (χ2v) is 3.36. The van der Waals surface area contributed by atoms with Gasteiger partial charge in [-0.05, 0) is 6.92 Å². The molecule has 62 valence electrons. The second kappa shape index (κ2) is 4.35. The van der Waals surface area contributed by atoms with Gasteiger partial charge < -0.3 is 10.3 Å². The van der Waals surface area contributed by atoms with Gasteiger partial charge in [-0.25, -0.2) is 0 Å². The van der Waals surface area contributed by atoms with Crippen LogP contribution in [-0.4, -0.2) is 21.9 Å². The molecule has 4 nitrogen and oxygen atoms in total. The van der Waals surface area contributed by atoms with Crippen molar-refractivity contribution in [3.05, 3.63) is 12.2 Å². The standard InChI is InChI=1S/C6H11N3OS/c1-5(7)2-11-3-6-8-4-9-10-6/h4-5H,2-3,7H2,1H3. The summed E-state index contributed by atoms with van der Waals surface area (Å²) in [5.41, 5.74) is 5.54. The van der Waals surface area contributed by atoms with Crippen molar-refractivity contribution in [3.8, 4) is 0 Å². The molecule has 1 rings (SSSR count). The van der Waals surface area contributed by atoms with E-state index in [9.17, 15) is 0 Å². The average Bonchev–Trinajstić information content (AvgIpc) is 2.39. The normalized spacial score (nSPS) is 13.3. The Balaban J connectivity index is 2.14. The monoisotopic (exact) mass is 173 g/mol. The van der Waals surface area contributed by atoms with Gasteiger partial charge in [-0.2, -0.15) is 16.7 Å². The van der Waals surface area contributed by atoms with E-state index in [2.05, 4.69) is 10.1 Å². The van der Waals surface area contributed by atoms with E-state index in [0.717, 1.165) is 11.5 Å². The Morgan fingerprint density at radius 3 is 3.18 bits per heavy atom. The van der Waals surface area contributed by atoms with Crippen molar-refractivity contribution in [2.75, 3.05) is 5.75 Å². The molecule has 1 unspecified atom stereocenters. The van der Waals surface area contributed by atoms with E-state index in [0.29, 0.717) is 5.89 Å². The molecule has 0 radical (unpaired) electrons. The highest BCUT2D eigenvalue weighted by atomic mass is 32.2. The van der Waals surface area contributed by atoms with Gasteiger partial charge in [0.25, 0.3) is 0 Å². The van der Waals surface area contributed by atoms with Crippen LogP contribution in [0.1, 0.15) is 12.8 Å². The van der Waals surface area contributed by atoms with Gasteiger partial charge in [0.1, 0.15) is 0 Å². The first-order valence-corrected chi connectivity index (χ1v) is 4.53. The zero-order valence-corrected chi connectivity index (χ0v) is 7.17. The summed E-state index contributed by atoms with van der Waals surface area (Å²) in [6.45, 7) is 1.97. The fourth-order valence-corrected chi connectivity index (χ4v) is 1.38. The van der Waals surface area contributed by atoms with Crippen LogP contribution in [0.25, 0.3) is 0 Å². The molecule has 11 heavy (non-hydrogen) atoms. The number of nitrogens with zero attached hydrogens (tertiary/aromatic N) is 2. The molecule has 0 saturated heterocycles.